The van der Waals surface area contributed by atoms with Crippen molar-refractivity contribution in [1.29, 1.82) is 0 Å². The number of rotatable bonds is 2. The van der Waals surface area contributed by atoms with Gasteiger partial charge in [0.05, 0.1) is 0 Å². The van der Waals surface area contributed by atoms with Gasteiger partial charge in [-0.05, 0) is 23.8 Å². The third-order valence-corrected chi connectivity index (χ3v) is 2.61. The highest BCUT2D eigenvalue weighted by Gasteiger charge is 2.05. The first kappa shape index (κ1) is 16.8. The minimum absolute atomic E-state index is 0.564. The van der Waals surface area contributed by atoms with Crippen molar-refractivity contribution in [1.82, 2.24) is 0 Å². The highest BCUT2D eigenvalue weighted by atomic mass is 16.4. The van der Waals surface area contributed by atoms with E-state index in [-0.39, 0.29) is 0 Å². The van der Waals surface area contributed by atoms with Crippen LogP contribution in [-0.2, 0) is 16.0 Å². The SMILES string of the molecule is Nc1cccc(Cc2ccc(N)[nH+]c2N)c1.O=C([O-])C(=O)O. The standard InChI is InChI=1S/C12H14N4.C2H2O4/c13-10-3-1-2-8(7-10)6-9-4-5-11(14)16-12(9)15;3-1(4)2(5)6/h1-5,7H,6,13H2,(H4,14,15,16);(H,3,4)(H,5,6). The second-order valence-electron chi connectivity index (χ2n) is 4.37. The van der Waals surface area contributed by atoms with Crippen molar-refractivity contribution in [3.63, 3.8) is 0 Å². The summed E-state index contributed by atoms with van der Waals surface area (Å²) in [4.78, 5) is 20.9. The van der Waals surface area contributed by atoms with Crippen molar-refractivity contribution in [2.24, 2.45) is 0 Å². The number of carboxylic acids is 2. The molecule has 8 N–H and O–H groups in total. The number of carbonyl (C=O) groups excluding carboxylic acids is 1. The van der Waals surface area contributed by atoms with Gasteiger partial charge in [-0.3, -0.25) is 0 Å². The third-order valence-electron chi connectivity index (χ3n) is 2.61. The smallest absolute Gasteiger partial charge is 0.351 e. The molecule has 0 aliphatic carbocycles. The monoisotopic (exact) mass is 304 g/mol. The van der Waals surface area contributed by atoms with Gasteiger partial charge < -0.3 is 32.2 Å². The average Bonchev–Trinajstić information content (AvgIpc) is 2.42. The number of benzene rings is 1. The summed E-state index contributed by atoms with van der Waals surface area (Å²) in [6, 6.07) is 11.5. The van der Waals surface area contributed by atoms with Crippen molar-refractivity contribution < 1.29 is 24.8 Å². The second-order valence-corrected chi connectivity index (χ2v) is 4.37. The topological polar surface area (TPSA) is 170 Å². The zero-order chi connectivity index (χ0) is 16.7. The molecule has 0 saturated heterocycles. The predicted molar refractivity (Wildman–Crippen MR) is 78.1 cm³/mol. The molecule has 22 heavy (non-hydrogen) atoms. The molecule has 2 rings (SSSR count). The molecule has 0 spiro atoms. The molecule has 0 amide bonds. The van der Waals surface area contributed by atoms with Gasteiger partial charge in [-0.25, -0.2) is 9.78 Å². The van der Waals surface area contributed by atoms with E-state index >= 15 is 0 Å². The first-order valence-electron chi connectivity index (χ1n) is 6.14. The quantitative estimate of drug-likeness (QED) is 0.393. The van der Waals surface area contributed by atoms with E-state index in [0.717, 1.165) is 23.2 Å². The molecule has 0 aliphatic heterocycles. The largest absolute Gasteiger partial charge is 0.539 e. The summed E-state index contributed by atoms with van der Waals surface area (Å²) in [5.41, 5.74) is 20.0. The Kier molecular flexibility index (Phi) is 5.70. The molecule has 0 fully saturated rings. The Morgan fingerprint density at radius 2 is 1.77 bits per heavy atom. The van der Waals surface area contributed by atoms with Crippen LogP contribution in [0.2, 0.25) is 0 Å². The lowest BCUT2D eigenvalue weighted by Crippen LogP contribution is -2.30. The van der Waals surface area contributed by atoms with Crippen molar-refractivity contribution in [3.8, 4) is 0 Å². The van der Waals surface area contributed by atoms with Crippen LogP contribution < -0.4 is 27.3 Å². The number of carbonyl (C=O) groups is 2. The maximum absolute atomic E-state index is 9.04. The van der Waals surface area contributed by atoms with Gasteiger partial charge >= 0.3 is 5.97 Å². The molecule has 0 saturated carbocycles. The normalized spacial score (nSPS) is 9.45. The number of nitrogens with one attached hydrogen (secondary N) is 1. The Morgan fingerprint density at radius 3 is 2.27 bits per heavy atom. The Labute approximate surface area is 126 Å². The molecule has 0 aliphatic rings. The molecule has 0 atom stereocenters. The fraction of sp³-hybridized carbons (Fsp3) is 0.0714. The first-order valence-corrected chi connectivity index (χ1v) is 6.14. The number of hydrogen-bond donors (Lipinski definition) is 4. The maximum atomic E-state index is 9.04. The first-order chi connectivity index (χ1) is 10.3. The molecule has 1 aromatic heterocycles. The summed E-state index contributed by atoms with van der Waals surface area (Å²) < 4.78 is 0. The number of aromatic amines is 1. The fourth-order valence-electron chi connectivity index (χ4n) is 1.63. The number of anilines is 3. The molecule has 8 nitrogen and oxygen atoms in total. The van der Waals surface area contributed by atoms with E-state index in [9.17, 15) is 0 Å². The van der Waals surface area contributed by atoms with Gasteiger partial charge in [0.15, 0.2) is 5.97 Å². The maximum Gasteiger partial charge on any atom is 0.351 e. The Balaban J connectivity index is 0.000000346. The molecule has 1 aromatic carbocycles. The van der Waals surface area contributed by atoms with Gasteiger partial charge in [-0.15, -0.1) is 0 Å². The Morgan fingerprint density at radius 1 is 1.14 bits per heavy atom. The van der Waals surface area contributed by atoms with Gasteiger partial charge in [0.2, 0.25) is 11.6 Å². The van der Waals surface area contributed by atoms with E-state index in [0.29, 0.717) is 11.6 Å². The predicted octanol–water partition coefficient (Wildman–Crippen LogP) is -1.34. The van der Waals surface area contributed by atoms with Crippen LogP contribution >= 0.6 is 0 Å². The lowest BCUT2D eigenvalue weighted by Gasteiger charge is -2.04. The summed E-state index contributed by atoms with van der Waals surface area (Å²) >= 11 is 0. The van der Waals surface area contributed by atoms with E-state index in [1.165, 1.54) is 0 Å². The van der Waals surface area contributed by atoms with Gasteiger partial charge in [0.1, 0.15) is 0 Å². The van der Waals surface area contributed by atoms with Crippen LogP contribution in [0.25, 0.3) is 0 Å². The molecule has 8 heteroatoms. The van der Waals surface area contributed by atoms with Crippen LogP contribution in [0.5, 0.6) is 0 Å². The van der Waals surface area contributed by atoms with Crippen LogP contribution in [-0.4, -0.2) is 17.0 Å². The summed E-state index contributed by atoms with van der Waals surface area (Å²) in [5.74, 6) is -2.85. The third kappa shape index (κ3) is 5.37. The van der Waals surface area contributed by atoms with E-state index in [2.05, 4.69) is 4.98 Å². The number of nitrogens with two attached hydrogens (primary N) is 3. The molecule has 1 heterocycles. The summed E-state index contributed by atoms with van der Waals surface area (Å²) in [6.07, 6.45) is 0.744. The number of pyridine rings is 1. The Hall–Kier alpha value is -3.29. The van der Waals surface area contributed by atoms with Crippen molar-refractivity contribution in [2.45, 2.75) is 6.42 Å². The molecule has 0 radical (unpaired) electrons. The van der Waals surface area contributed by atoms with Crippen molar-refractivity contribution in [3.05, 3.63) is 47.5 Å². The highest BCUT2D eigenvalue weighted by molar-refractivity contribution is 6.26. The number of nitrogen functional groups attached to an aromatic ring is 3. The minimum Gasteiger partial charge on any atom is -0.539 e. The fourth-order valence-corrected chi connectivity index (χ4v) is 1.63. The average molecular weight is 304 g/mol. The lowest BCUT2D eigenvalue weighted by molar-refractivity contribution is -0.343. The second kappa shape index (κ2) is 7.48. The van der Waals surface area contributed by atoms with Crippen molar-refractivity contribution in [2.75, 3.05) is 17.2 Å². The van der Waals surface area contributed by atoms with E-state index in [1.807, 2.05) is 30.3 Å². The van der Waals surface area contributed by atoms with Gasteiger partial charge in [-0.2, -0.15) is 0 Å². The zero-order valence-electron chi connectivity index (χ0n) is 11.6. The van der Waals surface area contributed by atoms with Crippen LogP contribution in [0.15, 0.2) is 36.4 Å². The summed E-state index contributed by atoms with van der Waals surface area (Å²) in [6.45, 7) is 0. The number of aliphatic carboxylic acids is 2. The number of hydrogen-bond acceptors (Lipinski definition) is 6. The number of carboxylic acid groups (broad SMARTS) is 2. The highest BCUT2D eigenvalue weighted by Crippen LogP contribution is 2.15. The van der Waals surface area contributed by atoms with Crippen LogP contribution in [0, 0.1) is 0 Å². The van der Waals surface area contributed by atoms with Gasteiger partial charge in [0.25, 0.3) is 0 Å². The summed E-state index contributed by atoms with van der Waals surface area (Å²) in [5, 5.41) is 16.3. The van der Waals surface area contributed by atoms with E-state index in [1.54, 1.807) is 6.07 Å². The number of H-pyrrole nitrogens is 1. The molecule has 116 valence electrons. The van der Waals surface area contributed by atoms with Crippen molar-refractivity contribution >= 4 is 29.3 Å². The minimum atomic E-state index is -2.07. The molecule has 2 aromatic rings. The van der Waals surface area contributed by atoms with Crippen LogP contribution in [0.1, 0.15) is 11.1 Å². The Bertz CT molecular complexity index is 676. The molecular weight excluding hydrogens is 288 g/mol. The molecule has 0 bridgehead atoms. The van der Waals surface area contributed by atoms with Crippen LogP contribution in [0.4, 0.5) is 17.3 Å². The van der Waals surface area contributed by atoms with Gasteiger partial charge in [-0.1, -0.05) is 12.1 Å². The van der Waals surface area contributed by atoms with Crippen LogP contribution in [0.3, 0.4) is 0 Å². The van der Waals surface area contributed by atoms with E-state index in [4.69, 9.17) is 37.0 Å². The zero-order valence-corrected chi connectivity index (χ0v) is 11.6. The summed E-state index contributed by atoms with van der Waals surface area (Å²) in [7, 11) is 0. The lowest BCUT2D eigenvalue weighted by atomic mass is 10.1. The van der Waals surface area contributed by atoms with E-state index < -0.39 is 11.9 Å². The number of aromatic nitrogens is 1. The van der Waals surface area contributed by atoms with Gasteiger partial charge in [0, 0.05) is 23.7 Å². The molecule has 0 unspecified atom stereocenters. The molecular formula is C14H16N4O4.